The van der Waals surface area contributed by atoms with Gasteiger partial charge in [0.05, 0.1) is 31.2 Å². The van der Waals surface area contributed by atoms with Crippen LogP contribution in [0.25, 0.3) is 5.69 Å². The first-order chi connectivity index (χ1) is 15.7. The van der Waals surface area contributed by atoms with Crippen LogP contribution in [0.5, 0.6) is 0 Å². The Labute approximate surface area is 199 Å². The van der Waals surface area contributed by atoms with Crippen LogP contribution in [0, 0.1) is 5.82 Å². The Morgan fingerprint density at radius 1 is 1.18 bits per heavy atom. The number of Topliss-reactive ketones (excluding diaryl/α,β-unsaturated/α-hetero) is 1. The fraction of sp³-hybridized carbons (Fsp3) is 0.385. The summed E-state index contributed by atoms with van der Waals surface area (Å²) in [4.78, 5) is 12.7. The fourth-order valence-corrected chi connectivity index (χ4v) is 3.63. The van der Waals surface area contributed by atoms with E-state index in [0.717, 1.165) is 17.1 Å². The Balaban J connectivity index is 1.69. The summed E-state index contributed by atoms with van der Waals surface area (Å²) in [6.45, 7) is 6.42. The van der Waals surface area contributed by atoms with E-state index in [-0.39, 0.29) is 37.4 Å². The molecule has 1 heterocycles. The lowest BCUT2D eigenvalue weighted by atomic mass is 9.92. The number of aliphatic hydroxyl groups excluding tert-OH is 1. The molecule has 3 aromatic rings. The van der Waals surface area contributed by atoms with Gasteiger partial charge in [-0.25, -0.2) is 9.07 Å². The molecule has 0 bridgehead atoms. The number of nitrogens with zero attached hydrogens (tertiary/aromatic N) is 2. The highest BCUT2D eigenvalue weighted by atomic mass is 35.5. The normalized spacial score (nSPS) is 11.7. The molecule has 33 heavy (non-hydrogen) atoms. The van der Waals surface area contributed by atoms with E-state index < -0.39 is 5.82 Å². The van der Waals surface area contributed by atoms with Crippen molar-refractivity contribution in [1.82, 2.24) is 9.78 Å². The summed E-state index contributed by atoms with van der Waals surface area (Å²) in [5, 5.41) is 14.2. The van der Waals surface area contributed by atoms with Crippen LogP contribution >= 0.6 is 11.6 Å². The van der Waals surface area contributed by atoms with Gasteiger partial charge in [-0.05, 0) is 42.3 Å². The zero-order valence-corrected chi connectivity index (χ0v) is 20.0. The topological polar surface area (TPSA) is 64.3 Å². The summed E-state index contributed by atoms with van der Waals surface area (Å²) in [5.74, 6) is -0.387. The van der Waals surface area contributed by atoms with Gasteiger partial charge in [0.1, 0.15) is 11.6 Å². The highest BCUT2D eigenvalue weighted by Gasteiger charge is 2.21. The second-order valence-electron chi connectivity index (χ2n) is 9.08. The number of hydrogen-bond acceptors (Lipinski definition) is 4. The first-order valence-electron chi connectivity index (χ1n) is 11.0. The highest BCUT2D eigenvalue weighted by molar-refractivity contribution is 6.30. The molecular weight excluding hydrogens is 443 g/mol. The zero-order valence-electron chi connectivity index (χ0n) is 19.3. The number of ketones is 1. The van der Waals surface area contributed by atoms with Gasteiger partial charge in [0, 0.05) is 34.5 Å². The minimum atomic E-state index is -0.410. The van der Waals surface area contributed by atoms with Crippen LogP contribution in [0.15, 0.2) is 48.5 Å². The van der Waals surface area contributed by atoms with Gasteiger partial charge in [0.2, 0.25) is 0 Å². The number of aliphatic hydroxyl groups is 1. The molecule has 0 aliphatic rings. The van der Waals surface area contributed by atoms with E-state index in [4.69, 9.17) is 26.5 Å². The molecule has 0 radical (unpaired) electrons. The van der Waals surface area contributed by atoms with Crippen LogP contribution in [-0.4, -0.2) is 33.9 Å². The Kier molecular flexibility index (Phi) is 8.40. The number of ether oxygens (including phenoxy) is 1. The number of benzene rings is 2. The van der Waals surface area contributed by atoms with Gasteiger partial charge in [-0.1, -0.05) is 50.6 Å². The molecule has 5 nitrogen and oxygen atoms in total. The molecule has 3 rings (SSSR count). The van der Waals surface area contributed by atoms with Gasteiger partial charge >= 0.3 is 0 Å². The molecule has 0 saturated heterocycles. The number of carbonyl (C=O) groups is 1. The number of hydrogen-bond donors (Lipinski definition) is 1. The van der Waals surface area contributed by atoms with Crippen molar-refractivity contribution in [2.75, 3.05) is 13.2 Å². The van der Waals surface area contributed by atoms with Gasteiger partial charge in [-0.3, -0.25) is 4.79 Å². The van der Waals surface area contributed by atoms with E-state index in [0.29, 0.717) is 29.0 Å². The van der Waals surface area contributed by atoms with Crippen molar-refractivity contribution in [2.24, 2.45) is 0 Å². The molecule has 176 valence electrons. The minimum Gasteiger partial charge on any atom is -0.394 e. The molecule has 0 atom stereocenters. The predicted molar refractivity (Wildman–Crippen MR) is 127 cm³/mol. The van der Waals surface area contributed by atoms with Gasteiger partial charge < -0.3 is 9.84 Å². The monoisotopic (exact) mass is 472 g/mol. The first kappa shape index (κ1) is 25.1. The molecule has 0 amide bonds. The van der Waals surface area contributed by atoms with Gasteiger partial charge in [-0.2, -0.15) is 5.10 Å². The maximum absolute atomic E-state index is 14.3. The summed E-state index contributed by atoms with van der Waals surface area (Å²) >= 11 is 6.18. The quantitative estimate of drug-likeness (QED) is 0.411. The number of halogens is 2. The average Bonchev–Trinajstić information content (AvgIpc) is 3.19. The minimum absolute atomic E-state index is 0.0230. The summed E-state index contributed by atoms with van der Waals surface area (Å²) in [6, 6.07) is 14.3. The number of aryl methyl sites for hydroxylation is 1. The van der Waals surface area contributed by atoms with Crippen LogP contribution in [0.1, 0.15) is 49.7 Å². The largest absolute Gasteiger partial charge is 0.394 e. The van der Waals surface area contributed by atoms with Gasteiger partial charge in [-0.15, -0.1) is 0 Å². The van der Waals surface area contributed by atoms with E-state index >= 15 is 0 Å². The molecule has 7 heteroatoms. The second-order valence-corrected chi connectivity index (χ2v) is 9.52. The van der Waals surface area contributed by atoms with Crippen molar-refractivity contribution in [2.45, 2.75) is 52.1 Å². The molecule has 1 N–H and O–H groups in total. The molecular formula is C26H30ClFN2O3. The van der Waals surface area contributed by atoms with Crippen molar-refractivity contribution in [3.8, 4) is 5.69 Å². The second kappa shape index (κ2) is 11.1. The lowest BCUT2D eigenvalue weighted by Crippen LogP contribution is -2.12. The van der Waals surface area contributed by atoms with Gasteiger partial charge in [0.15, 0.2) is 0 Å². The lowest BCUT2D eigenvalue weighted by Gasteiger charge is -2.14. The highest BCUT2D eigenvalue weighted by Crippen LogP contribution is 2.25. The summed E-state index contributed by atoms with van der Waals surface area (Å²) in [7, 11) is 0. The maximum atomic E-state index is 14.3. The summed E-state index contributed by atoms with van der Waals surface area (Å²) in [5.41, 5.74) is 3.61. The molecule has 0 aliphatic carbocycles. The molecule has 0 aliphatic heterocycles. The van der Waals surface area contributed by atoms with Crippen LogP contribution in [0.2, 0.25) is 5.02 Å². The molecule has 0 unspecified atom stereocenters. The van der Waals surface area contributed by atoms with E-state index in [1.165, 1.54) is 6.07 Å². The Morgan fingerprint density at radius 3 is 2.64 bits per heavy atom. The van der Waals surface area contributed by atoms with Crippen LogP contribution < -0.4 is 0 Å². The standard InChI is InChI=1S/C26H30ClFN2O3/c1-26(2,3)25-16-22(30(29-25)21-6-4-5-20(27)15-21)9-10-23(32)13-18-7-8-19(24(28)14-18)17-33-12-11-31/h4-8,14-16,31H,9-13,17H2,1-3H3. The average molecular weight is 473 g/mol. The van der Waals surface area contributed by atoms with E-state index in [1.54, 1.807) is 12.1 Å². The third-order valence-electron chi connectivity index (χ3n) is 5.28. The molecule has 0 fully saturated rings. The van der Waals surface area contributed by atoms with E-state index in [9.17, 15) is 9.18 Å². The third kappa shape index (κ3) is 6.97. The summed E-state index contributed by atoms with van der Waals surface area (Å²) < 4.78 is 21.3. The van der Waals surface area contributed by atoms with Crippen molar-refractivity contribution in [1.29, 1.82) is 0 Å². The SMILES string of the molecule is CC(C)(C)c1cc(CCC(=O)Cc2ccc(COCCO)c(F)c2)n(-c2cccc(Cl)c2)n1. The van der Waals surface area contributed by atoms with Crippen LogP contribution in [0.4, 0.5) is 4.39 Å². The number of carbonyl (C=O) groups excluding carboxylic acids is 1. The van der Waals surface area contributed by atoms with E-state index in [1.807, 2.05) is 35.0 Å². The smallest absolute Gasteiger partial charge is 0.137 e. The Bertz CT molecular complexity index is 1110. The third-order valence-corrected chi connectivity index (χ3v) is 5.51. The zero-order chi connectivity index (χ0) is 24.0. The first-order valence-corrected chi connectivity index (χ1v) is 11.4. The number of aromatic nitrogens is 2. The molecule has 2 aromatic carbocycles. The van der Waals surface area contributed by atoms with Crippen molar-refractivity contribution in [3.63, 3.8) is 0 Å². The maximum Gasteiger partial charge on any atom is 0.137 e. The predicted octanol–water partition coefficient (Wildman–Crippen LogP) is 5.22. The van der Waals surface area contributed by atoms with Crippen LogP contribution in [-0.2, 0) is 34.4 Å². The fourth-order valence-electron chi connectivity index (χ4n) is 3.44. The number of rotatable bonds is 10. The molecule has 0 saturated carbocycles. The lowest BCUT2D eigenvalue weighted by molar-refractivity contribution is -0.118. The van der Waals surface area contributed by atoms with E-state index in [2.05, 4.69) is 20.8 Å². The van der Waals surface area contributed by atoms with Crippen LogP contribution in [0.3, 0.4) is 0 Å². The molecule has 1 aromatic heterocycles. The van der Waals surface area contributed by atoms with Crippen molar-refractivity contribution < 1.29 is 19.0 Å². The van der Waals surface area contributed by atoms with Gasteiger partial charge in [0.25, 0.3) is 0 Å². The Morgan fingerprint density at radius 2 is 1.97 bits per heavy atom. The Hall–Kier alpha value is -2.54. The van der Waals surface area contributed by atoms with Crippen molar-refractivity contribution >= 4 is 17.4 Å². The van der Waals surface area contributed by atoms with Crippen molar-refractivity contribution in [3.05, 3.63) is 81.9 Å². The molecule has 0 spiro atoms. The summed E-state index contributed by atoms with van der Waals surface area (Å²) in [6.07, 6.45) is 0.995.